The SMILES string of the molecule is O=S(=O)(O)CCC(CCS(=O)(=O)O)C(CCS(=O)(=O)O)S(=O)(=O)O. The molecule has 0 radical (unpaired) electrons. The molecule has 0 rings (SSSR count). The molecule has 0 bridgehead atoms. The molecule has 12 nitrogen and oxygen atoms in total. The Balaban J connectivity index is 5.52. The van der Waals surface area contributed by atoms with Gasteiger partial charge in [0.25, 0.3) is 40.5 Å². The van der Waals surface area contributed by atoms with E-state index < -0.39 is 88.2 Å². The Morgan fingerprint density at radius 3 is 1.08 bits per heavy atom. The first kappa shape index (κ1) is 23.6. The van der Waals surface area contributed by atoms with Gasteiger partial charge in [0.15, 0.2) is 0 Å². The summed E-state index contributed by atoms with van der Waals surface area (Å²) in [6.45, 7) is 0. The van der Waals surface area contributed by atoms with E-state index in [0.717, 1.165) is 0 Å². The highest BCUT2D eigenvalue weighted by Crippen LogP contribution is 2.24. The molecule has 0 saturated heterocycles. The van der Waals surface area contributed by atoms with Crippen molar-refractivity contribution in [2.24, 2.45) is 5.92 Å². The molecule has 1 unspecified atom stereocenters. The van der Waals surface area contributed by atoms with Gasteiger partial charge in [-0.05, 0) is 25.2 Å². The monoisotopic (exact) mass is 434 g/mol. The first-order chi connectivity index (χ1) is 10.4. The second-order valence-corrected chi connectivity index (χ2v) is 11.4. The number of hydrogen-bond acceptors (Lipinski definition) is 8. The smallest absolute Gasteiger partial charge is 0.268 e. The highest BCUT2D eigenvalue weighted by Gasteiger charge is 2.34. The van der Waals surface area contributed by atoms with E-state index in [4.69, 9.17) is 13.7 Å². The highest BCUT2D eigenvalue weighted by molar-refractivity contribution is 7.87. The van der Waals surface area contributed by atoms with Crippen molar-refractivity contribution < 1.29 is 51.9 Å². The summed E-state index contributed by atoms with van der Waals surface area (Å²) in [6.07, 6.45) is -2.12. The molecular weight excluding hydrogens is 416 g/mol. The van der Waals surface area contributed by atoms with Gasteiger partial charge in [-0.1, -0.05) is 0 Å². The van der Waals surface area contributed by atoms with E-state index in [0.29, 0.717) is 0 Å². The fraction of sp³-hybridized carbons (Fsp3) is 1.00. The molecule has 4 N–H and O–H groups in total. The Labute approximate surface area is 140 Å². The largest absolute Gasteiger partial charge is 0.286 e. The van der Waals surface area contributed by atoms with Gasteiger partial charge < -0.3 is 0 Å². The third-order valence-corrected chi connectivity index (χ3v) is 6.70. The molecule has 0 saturated carbocycles. The first-order valence-electron chi connectivity index (χ1n) is 6.22. The summed E-state index contributed by atoms with van der Waals surface area (Å²) in [4.78, 5) is 0. The lowest BCUT2D eigenvalue weighted by molar-refractivity contribution is 0.385. The van der Waals surface area contributed by atoms with Gasteiger partial charge >= 0.3 is 0 Å². The van der Waals surface area contributed by atoms with E-state index in [1.807, 2.05) is 0 Å². The Hall–Kier alpha value is -0.360. The maximum Gasteiger partial charge on any atom is 0.268 e. The molecule has 0 fully saturated rings. The lowest BCUT2D eigenvalue weighted by Crippen LogP contribution is -2.34. The Kier molecular flexibility index (Phi) is 8.22. The molecule has 0 aromatic rings. The summed E-state index contributed by atoms with van der Waals surface area (Å²) in [7, 11) is -18.7. The van der Waals surface area contributed by atoms with Gasteiger partial charge in [0, 0.05) is 0 Å². The van der Waals surface area contributed by atoms with Gasteiger partial charge in [-0.15, -0.1) is 0 Å². The summed E-state index contributed by atoms with van der Waals surface area (Å²) in [6, 6.07) is 0. The van der Waals surface area contributed by atoms with Crippen LogP contribution in [0.5, 0.6) is 0 Å². The number of hydrogen-bond donors (Lipinski definition) is 4. The summed E-state index contributed by atoms with van der Waals surface area (Å²) in [5.74, 6) is -4.49. The zero-order valence-corrected chi connectivity index (χ0v) is 15.4. The highest BCUT2D eigenvalue weighted by atomic mass is 32.2. The van der Waals surface area contributed by atoms with E-state index in [1.54, 1.807) is 0 Å². The van der Waals surface area contributed by atoms with Crippen LogP contribution in [0.2, 0.25) is 0 Å². The van der Waals surface area contributed by atoms with Crippen LogP contribution in [-0.4, -0.2) is 74.4 Å². The molecule has 146 valence electrons. The summed E-state index contributed by atoms with van der Waals surface area (Å²) >= 11 is 0. The van der Waals surface area contributed by atoms with Gasteiger partial charge in [-0.3, -0.25) is 18.2 Å². The zero-order chi connectivity index (χ0) is 19.4. The van der Waals surface area contributed by atoms with Crippen molar-refractivity contribution in [3.8, 4) is 0 Å². The third-order valence-electron chi connectivity index (χ3n) is 3.06. The molecule has 16 heteroatoms. The summed E-state index contributed by atoms with van der Waals surface area (Å²) in [5.41, 5.74) is 0. The van der Waals surface area contributed by atoms with Crippen molar-refractivity contribution >= 4 is 40.5 Å². The van der Waals surface area contributed by atoms with Gasteiger partial charge in [-0.2, -0.15) is 33.7 Å². The standard InChI is InChI=1S/C8H18O12S4/c9-21(10,11)4-1-7(2-5-22(12,13)14)8(24(18,19)20)3-6-23(15,16)17/h7-8H,1-6H2,(H,9,10,11)(H,12,13,14)(H,15,16,17)(H,18,19,20). The fourth-order valence-corrected chi connectivity index (χ4v) is 5.09. The van der Waals surface area contributed by atoms with Crippen molar-refractivity contribution in [1.29, 1.82) is 0 Å². The Morgan fingerprint density at radius 1 is 0.542 bits per heavy atom. The lowest BCUT2D eigenvalue weighted by atomic mass is 9.97. The summed E-state index contributed by atoms with van der Waals surface area (Å²) < 4.78 is 123. The van der Waals surface area contributed by atoms with Gasteiger partial charge in [0.2, 0.25) is 0 Å². The minimum atomic E-state index is -4.95. The molecule has 1 atom stereocenters. The molecule has 0 aliphatic carbocycles. The average molecular weight is 434 g/mol. The fourth-order valence-electron chi connectivity index (χ4n) is 2.01. The Bertz CT molecular complexity index is 783. The van der Waals surface area contributed by atoms with Crippen molar-refractivity contribution in [2.45, 2.75) is 24.5 Å². The van der Waals surface area contributed by atoms with Crippen LogP contribution in [0.3, 0.4) is 0 Å². The lowest BCUT2D eigenvalue weighted by Gasteiger charge is -2.23. The average Bonchev–Trinajstić information content (AvgIpc) is 2.26. The van der Waals surface area contributed by atoms with Gasteiger partial charge in [0.1, 0.15) is 0 Å². The van der Waals surface area contributed by atoms with E-state index in [1.165, 1.54) is 0 Å². The van der Waals surface area contributed by atoms with Crippen LogP contribution in [0.4, 0.5) is 0 Å². The van der Waals surface area contributed by atoms with Crippen molar-refractivity contribution in [3.63, 3.8) is 0 Å². The zero-order valence-electron chi connectivity index (χ0n) is 12.1. The predicted octanol–water partition coefficient (Wildman–Crippen LogP) is -1.31. The van der Waals surface area contributed by atoms with E-state index in [9.17, 15) is 38.2 Å². The van der Waals surface area contributed by atoms with Crippen LogP contribution in [0.25, 0.3) is 0 Å². The van der Waals surface area contributed by atoms with Crippen LogP contribution in [-0.2, 0) is 40.5 Å². The quantitative estimate of drug-likeness (QED) is 0.279. The molecule has 0 spiro atoms. The van der Waals surface area contributed by atoms with Gasteiger partial charge in [-0.25, -0.2) is 0 Å². The minimum Gasteiger partial charge on any atom is -0.286 e. The number of rotatable bonds is 11. The van der Waals surface area contributed by atoms with Crippen molar-refractivity contribution in [2.75, 3.05) is 17.3 Å². The maximum atomic E-state index is 11.4. The molecule has 0 amide bonds. The van der Waals surface area contributed by atoms with Crippen LogP contribution in [0, 0.1) is 5.92 Å². The molecule has 0 aromatic heterocycles. The normalized spacial score (nSPS) is 15.5. The predicted molar refractivity (Wildman–Crippen MR) is 81.9 cm³/mol. The topological polar surface area (TPSA) is 217 Å². The minimum absolute atomic E-state index is 0.635. The molecular formula is C8H18O12S4. The van der Waals surface area contributed by atoms with Gasteiger partial charge in [0.05, 0.1) is 22.5 Å². The molecule has 0 aromatic carbocycles. The van der Waals surface area contributed by atoms with E-state index in [-0.39, 0.29) is 0 Å². The molecule has 0 aliphatic heterocycles. The van der Waals surface area contributed by atoms with Crippen LogP contribution >= 0.6 is 0 Å². The first-order valence-corrected chi connectivity index (χ1v) is 12.6. The van der Waals surface area contributed by atoms with Crippen LogP contribution < -0.4 is 0 Å². The maximum absolute atomic E-state index is 11.4. The Morgan fingerprint density at radius 2 is 0.833 bits per heavy atom. The summed E-state index contributed by atoms with van der Waals surface area (Å²) in [5, 5.41) is -1.93. The van der Waals surface area contributed by atoms with Crippen molar-refractivity contribution in [3.05, 3.63) is 0 Å². The van der Waals surface area contributed by atoms with Crippen LogP contribution in [0.1, 0.15) is 19.3 Å². The third kappa shape index (κ3) is 12.1. The van der Waals surface area contributed by atoms with E-state index >= 15 is 0 Å². The second-order valence-electron chi connectivity index (χ2n) is 5.04. The molecule has 0 aliphatic rings. The van der Waals surface area contributed by atoms with Crippen LogP contribution in [0.15, 0.2) is 0 Å². The molecule has 24 heavy (non-hydrogen) atoms. The van der Waals surface area contributed by atoms with Crippen molar-refractivity contribution in [1.82, 2.24) is 0 Å². The van der Waals surface area contributed by atoms with E-state index in [2.05, 4.69) is 0 Å². The second kappa shape index (κ2) is 8.35. The molecule has 0 heterocycles.